The van der Waals surface area contributed by atoms with Crippen LogP contribution in [0.15, 0.2) is 35.3 Å². The van der Waals surface area contributed by atoms with Crippen LogP contribution in [0.2, 0.25) is 0 Å². The van der Waals surface area contributed by atoms with E-state index in [1.54, 1.807) is 0 Å². The SMILES string of the molecule is CCNC(=NCCCOCC1CC1)NCCC(=O)N1CCN(c2ccccc2)CC1. The van der Waals surface area contributed by atoms with Gasteiger partial charge in [0.05, 0.1) is 0 Å². The van der Waals surface area contributed by atoms with Gasteiger partial charge in [0, 0.05) is 71.1 Å². The Morgan fingerprint density at radius 2 is 1.90 bits per heavy atom. The number of ether oxygens (including phenoxy) is 1. The van der Waals surface area contributed by atoms with Crippen LogP contribution in [0.4, 0.5) is 5.69 Å². The summed E-state index contributed by atoms with van der Waals surface area (Å²) in [6.07, 6.45) is 4.07. The van der Waals surface area contributed by atoms with E-state index in [9.17, 15) is 4.79 Å². The van der Waals surface area contributed by atoms with E-state index in [1.807, 2.05) is 17.9 Å². The second-order valence-electron chi connectivity index (χ2n) is 8.01. The summed E-state index contributed by atoms with van der Waals surface area (Å²) in [5.41, 5.74) is 1.23. The number of hydrogen-bond acceptors (Lipinski definition) is 4. The lowest BCUT2D eigenvalue weighted by Crippen LogP contribution is -2.49. The minimum atomic E-state index is 0.208. The molecule has 0 bridgehead atoms. The van der Waals surface area contributed by atoms with E-state index < -0.39 is 0 Å². The molecule has 0 unspecified atom stereocenters. The van der Waals surface area contributed by atoms with Gasteiger partial charge in [0.2, 0.25) is 5.91 Å². The van der Waals surface area contributed by atoms with Crippen molar-refractivity contribution in [1.82, 2.24) is 15.5 Å². The predicted octanol–water partition coefficient (Wildman–Crippen LogP) is 2.10. The van der Waals surface area contributed by atoms with Gasteiger partial charge >= 0.3 is 0 Å². The Morgan fingerprint density at radius 3 is 2.60 bits per heavy atom. The van der Waals surface area contributed by atoms with Crippen LogP contribution in [-0.2, 0) is 9.53 Å². The van der Waals surface area contributed by atoms with Gasteiger partial charge in [-0.2, -0.15) is 0 Å². The van der Waals surface area contributed by atoms with Gasteiger partial charge in [-0.15, -0.1) is 0 Å². The first kappa shape index (κ1) is 22.4. The average molecular weight is 416 g/mol. The van der Waals surface area contributed by atoms with Gasteiger partial charge in [-0.3, -0.25) is 9.79 Å². The van der Waals surface area contributed by atoms with Gasteiger partial charge in [0.25, 0.3) is 0 Å². The second kappa shape index (κ2) is 12.4. The summed E-state index contributed by atoms with van der Waals surface area (Å²) in [5, 5.41) is 6.53. The quantitative estimate of drug-likeness (QED) is 0.329. The van der Waals surface area contributed by atoms with Crippen molar-refractivity contribution in [3.63, 3.8) is 0 Å². The minimum absolute atomic E-state index is 0.208. The van der Waals surface area contributed by atoms with Crippen molar-refractivity contribution < 1.29 is 9.53 Å². The Morgan fingerprint density at radius 1 is 1.13 bits per heavy atom. The molecule has 1 aromatic carbocycles. The smallest absolute Gasteiger partial charge is 0.224 e. The fraction of sp³-hybridized carbons (Fsp3) is 0.652. The number of amides is 1. The summed E-state index contributed by atoms with van der Waals surface area (Å²) in [4.78, 5) is 21.5. The van der Waals surface area contributed by atoms with Gasteiger partial charge in [0.1, 0.15) is 0 Å². The maximum atomic E-state index is 12.6. The summed E-state index contributed by atoms with van der Waals surface area (Å²) < 4.78 is 5.65. The third-order valence-corrected chi connectivity index (χ3v) is 5.50. The number of guanidine groups is 1. The Bertz CT molecular complexity index is 655. The number of anilines is 1. The number of piperazine rings is 1. The van der Waals surface area contributed by atoms with Crippen LogP contribution in [0.1, 0.15) is 32.6 Å². The van der Waals surface area contributed by atoms with Crippen molar-refractivity contribution in [3.05, 3.63) is 30.3 Å². The number of carbonyl (C=O) groups excluding carboxylic acids is 1. The molecule has 1 saturated heterocycles. The maximum absolute atomic E-state index is 12.6. The summed E-state index contributed by atoms with van der Waals surface area (Å²) in [5.74, 6) is 1.80. The van der Waals surface area contributed by atoms with Gasteiger partial charge in [-0.1, -0.05) is 18.2 Å². The van der Waals surface area contributed by atoms with E-state index in [4.69, 9.17) is 4.74 Å². The van der Waals surface area contributed by atoms with Crippen LogP contribution in [-0.4, -0.2) is 75.8 Å². The Kier molecular flexibility index (Phi) is 9.28. The van der Waals surface area contributed by atoms with E-state index in [0.29, 0.717) is 13.0 Å². The van der Waals surface area contributed by atoms with E-state index in [-0.39, 0.29) is 5.91 Å². The van der Waals surface area contributed by atoms with Crippen LogP contribution in [0.5, 0.6) is 0 Å². The first-order valence-electron chi connectivity index (χ1n) is 11.4. The zero-order valence-corrected chi connectivity index (χ0v) is 18.3. The van der Waals surface area contributed by atoms with Crippen molar-refractivity contribution >= 4 is 17.6 Å². The number of carbonyl (C=O) groups is 1. The number of nitrogens with one attached hydrogen (secondary N) is 2. The molecule has 1 aromatic rings. The number of para-hydroxylation sites is 1. The number of aliphatic imine (C=N–C) groups is 1. The molecule has 2 fully saturated rings. The predicted molar refractivity (Wildman–Crippen MR) is 122 cm³/mol. The molecule has 3 rings (SSSR count). The third-order valence-electron chi connectivity index (χ3n) is 5.50. The average Bonchev–Trinajstić information content (AvgIpc) is 3.61. The molecule has 2 aliphatic rings. The van der Waals surface area contributed by atoms with Crippen LogP contribution in [0.25, 0.3) is 0 Å². The lowest BCUT2D eigenvalue weighted by atomic mass is 10.2. The van der Waals surface area contributed by atoms with Crippen molar-refractivity contribution in [2.45, 2.75) is 32.6 Å². The van der Waals surface area contributed by atoms with E-state index in [1.165, 1.54) is 18.5 Å². The molecule has 7 nitrogen and oxygen atoms in total. The molecular formula is C23H37N5O2. The van der Waals surface area contributed by atoms with Crippen molar-refractivity contribution in [1.29, 1.82) is 0 Å². The van der Waals surface area contributed by atoms with E-state index >= 15 is 0 Å². The standard InChI is InChI=1S/C23H37N5O2/c1-2-24-23(25-12-6-18-30-19-20-9-10-20)26-13-11-22(29)28-16-14-27(15-17-28)21-7-4-3-5-8-21/h3-5,7-8,20H,2,6,9-19H2,1H3,(H2,24,25,26). The van der Waals surface area contributed by atoms with Gasteiger partial charge < -0.3 is 25.2 Å². The molecule has 7 heteroatoms. The summed E-state index contributed by atoms with van der Waals surface area (Å²) in [6, 6.07) is 10.4. The van der Waals surface area contributed by atoms with Crippen LogP contribution >= 0.6 is 0 Å². The molecule has 1 aliphatic carbocycles. The monoisotopic (exact) mass is 415 g/mol. The van der Waals surface area contributed by atoms with Crippen LogP contribution in [0, 0.1) is 5.92 Å². The molecule has 0 aromatic heterocycles. The number of benzene rings is 1. The van der Waals surface area contributed by atoms with Crippen molar-refractivity contribution in [3.8, 4) is 0 Å². The molecule has 0 radical (unpaired) electrons. The first-order chi connectivity index (χ1) is 14.8. The maximum Gasteiger partial charge on any atom is 0.224 e. The van der Waals surface area contributed by atoms with E-state index in [2.05, 4.69) is 44.8 Å². The minimum Gasteiger partial charge on any atom is -0.381 e. The first-order valence-corrected chi connectivity index (χ1v) is 11.4. The molecule has 1 amide bonds. The normalized spacial score (nSPS) is 17.2. The van der Waals surface area contributed by atoms with Gasteiger partial charge in [-0.05, 0) is 44.2 Å². The van der Waals surface area contributed by atoms with Gasteiger partial charge in [-0.25, -0.2) is 0 Å². The highest BCUT2D eigenvalue weighted by molar-refractivity contribution is 5.81. The Labute approximate surface area is 180 Å². The number of hydrogen-bond donors (Lipinski definition) is 2. The summed E-state index contributed by atoms with van der Waals surface area (Å²) >= 11 is 0. The molecule has 2 N–H and O–H groups in total. The highest BCUT2D eigenvalue weighted by Gasteiger charge is 2.21. The molecule has 1 saturated carbocycles. The lowest BCUT2D eigenvalue weighted by Gasteiger charge is -2.36. The largest absolute Gasteiger partial charge is 0.381 e. The lowest BCUT2D eigenvalue weighted by molar-refractivity contribution is -0.131. The highest BCUT2D eigenvalue weighted by Crippen LogP contribution is 2.28. The number of nitrogens with zero attached hydrogens (tertiary/aromatic N) is 3. The molecule has 0 spiro atoms. The molecule has 0 atom stereocenters. The fourth-order valence-electron chi connectivity index (χ4n) is 3.53. The van der Waals surface area contributed by atoms with Crippen molar-refractivity contribution in [2.24, 2.45) is 10.9 Å². The summed E-state index contributed by atoms with van der Waals surface area (Å²) in [7, 11) is 0. The Hall–Kier alpha value is -2.28. The van der Waals surface area contributed by atoms with Crippen LogP contribution in [0.3, 0.4) is 0 Å². The Balaban J connectivity index is 1.30. The van der Waals surface area contributed by atoms with Gasteiger partial charge in [0.15, 0.2) is 5.96 Å². The van der Waals surface area contributed by atoms with Crippen LogP contribution < -0.4 is 15.5 Å². The zero-order chi connectivity index (χ0) is 21.0. The molecule has 30 heavy (non-hydrogen) atoms. The molecular weight excluding hydrogens is 378 g/mol. The summed E-state index contributed by atoms with van der Waals surface area (Å²) in [6.45, 7) is 9.19. The second-order valence-corrected chi connectivity index (χ2v) is 8.01. The molecule has 166 valence electrons. The topological polar surface area (TPSA) is 69.2 Å². The highest BCUT2D eigenvalue weighted by atomic mass is 16.5. The van der Waals surface area contributed by atoms with Crippen molar-refractivity contribution in [2.75, 3.05) is 63.9 Å². The van der Waals surface area contributed by atoms with E-state index in [0.717, 1.165) is 70.8 Å². The molecule has 1 heterocycles. The zero-order valence-electron chi connectivity index (χ0n) is 18.3. The number of rotatable bonds is 11. The third kappa shape index (κ3) is 7.86. The fourth-order valence-corrected chi connectivity index (χ4v) is 3.53. The molecule has 1 aliphatic heterocycles.